The fourth-order valence-electron chi connectivity index (χ4n) is 4.11. The van der Waals surface area contributed by atoms with Gasteiger partial charge < -0.3 is 4.74 Å². The number of para-hydroxylation sites is 1. The van der Waals surface area contributed by atoms with Crippen LogP contribution in [0.4, 0.5) is 0 Å². The Kier molecular flexibility index (Phi) is 6.19. The summed E-state index contributed by atoms with van der Waals surface area (Å²) in [6.45, 7) is 3.96. The number of benzene rings is 3. The van der Waals surface area contributed by atoms with Crippen LogP contribution in [0.15, 0.2) is 85.3 Å². The van der Waals surface area contributed by atoms with Gasteiger partial charge in [0.05, 0.1) is 0 Å². The van der Waals surface area contributed by atoms with Crippen molar-refractivity contribution in [1.29, 1.82) is 0 Å². The van der Waals surface area contributed by atoms with Gasteiger partial charge in [-0.25, -0.2) is 26.1 Å². The van der Waals surface area contributed by atoms with E-state index in [9.17, 15) is 0 Å². The molecule has 172 valence electrons. The maximum absolute atomic E-state index is 6.01. The van der Waals surface area contributed by atoms with Crippen LogP contribution in [0.25, 0.3) is 38.9 Å². The number of aryl methyl sites for hydroxylation is 2. The molecule has 3 heterocycles. The summed E-state index contributed by atoms with van der Waals surface area (Å²) >= 11 is 0. The van der Waals surface area contributed by atoms with Gasteiger partial charge in [-0.1, -0.05) is 29.7 Å². The Labute approximate surface area is 217 Å². The number of ether oxygens (including phenoxy) is 1. The quantitative estimate of drug-likeness (QED) is 0.204. The van der Waals surface area contributed by atoms with Crippen LogP contribution in [-0.4, -0.2) is 19.5 Å². The zero-order chi connectivity index (χ0) is 23.1. The largest absolute Gasteiger partial charge is 2.00 e. The van der Waals surface area contributed by atoms with E-state index in [0.717, 1.165) is 44.1 Å². The average molecular weight is 636 g/mol. The van der Waals surface area contributed by atoms with Crippen molar-refractivity contribution in [2.24, 2.45) is 0 Å². The van der Waals surface area contributed by atoms with E-state index in [4.69, 9.17) is 4.74 Å². The second-order valence-corrected chi connectivity index (χ2v) is 8.20. The zero-order valence-corrected chi connectivity index (χ0v) is 21.4. The van der Waals surface area contributed by atoms with Crippen LogP contribution in [0.2, 0.25) is 0 Å². The van der Waals surface area contributed by atoms with E-state index in [1.54, 1.807) is 6.20 Å². The first-order valence-electron chi connectivity index (χ1n) is 11.0. The first-order valence-corrected chi connectivity index (χ1v) is 11.0. The van der Waals surface area contributed by atoms with Gasteiger partial charge in [0, 0.05) is 35.4 Å². The molecular formula is C29H20N4OPt. The number of rotatable bonds is 4. The van der Waals surface area contributed by atoms with Crippen LogP contribution in [-0.2, 0) is 21.1 Å². The SMILES string of the molecule is Cc1cnc(-n2c3[c-]c(-c4[c-]c(Oc5ncccc5C)ccc4)ccc3c3ccccc32)nc1.[Pt+2]. The summed E-state index contributed by atoms with van der Waals surface area (Å²) in [7, 11) is 0. The molecule has 0 aliphatic rings. The molecule has 0 radical (unpaired) electrons. The molecule has 0 bridgehead atoms. The molecule has 0 aliphatic heterocycles. The molecule has 6 aromatic rings. The molecule has 0 spiro atoms. The van der Waals surface area contributed by atoms with Crippen molar-refractivity contribution >= 4 is 21.8 Å². The monoisotopic (exact) mass is 635 g/mol. The molecule has 0 aliphatic carbocycles. The van der Waals surface area contributed by atoms with Gasteiger partial charge in [0.15, 0.2) is 0 Å². The first-order chi connectivity index (χ1) is 16.7. The van der Waals surface area contributed by atoms with Crippen LogP contribution in [0, 0.1) is 26.0 Å². The fourth-order valence-corrected chi connectivity index (χ4v) is 4.11. The third kappa shape index (κ3) is 4.24. The molecule has 0 saturated carbocycles. The summed E-state index contributed by atoms with van der Waals surface area (Å²) in [5.41, 5.74) is 5.74. The Morgan fingerprint density at radius 3 is 2.37 bits per heavy atom. The normalized spacial score (nSPS) is 10.9. The summed E-state index contributed by atoms with van der Waals surface area (Å²) < 4.78 is 8.07. The molecule has 6 rings (SSSR count). The zero-order valence-electron chi connectivity index (χ0n) is 19.1. The van der Waals surface area contributed by atoms with E-state index < -0.39 is 0 Å². The van der Waals surface area contributed by atoms with E-state index in [2.05, 4.69) is 55.9 Å². The molecule has 0 saturated heterocycles. The van der Waals surface area contributed by atoms with Gasteiger partial charge in [-0.3, -0.25) is 4.57 Å². The fraction of sp³-hybridized carbons (Fsp3) is 0.0690. The molecule has 3 aromatic heterocycles. The van der Waals surface area contributed by atoms with E-state index in [1.165, 1.54) is 0 Å². The molecular weight excluding hydrogens is 615 g/mol. The van der Waals surface area contributed by atoms with E-state index in [0.29, 0.717) is 17.6 Å². The number of hydrogen-bond acceptors (Lipinski definition) is 4. The van der Waals surface area contributed by atoms with Crippen LogP contribution < -0.4 is 4.74 Å². The predicted molar refractivity (Wildman–Crippen MR) is 133 cm³/mol. The Hall–Kier alpha value is -3.82. The van der Waals surface area contributed by atoms with Gasteiger partial charge in [0.2, 0.25) is 11.8 Å². The van der Waals surface area contributed by atoms with Gasteiger partial charge in [-0.05, 0) is 42.4 Å². The van der Waals surface area contributed by atoms with E-state index in [-0.39, 0.29) is 21.1 Å². The molecule has 3 aromatic carbocycles. The first kappa shape index (κ1) is 22.9. The average Bonchev–Trinajstić information content (AvgIpc) is 3.20. The van der Waals surface area contributed by atoms with Crippen LogP contribution in [0.5, 0.6) is 11.6 Å². The van der Waals surface area contributed by atoms with Crippen LogP contribution >= 0.6 is 0 Å². The van der Waals surface area contributed by atoms with Gasteiger partial charge >= 0.3 is 21.1 Å². The van der Waals surface area contributed by atoms with Crippen molar-refractivity contribution in [2.45, 2.75) is 13.8 Å². The Bertz CT molecular complexity index is 1660. The van der Waals surface area contributed by atoms with Gasteiger partial charge in [-0.15, -0.1) is 18.2 Å². The molecule has 0 amide bonds. The molecule has 5 nitrogen and oxygen atoms in total. The maximum Gasteiger partial charge on any atom is 2.00 e. The maximum atomic E-state index is 6.01. The predicted octanol–water partition coefficient (Wildman–Crippen LogP) is 6.64. The summed E-state index contributed by atoms with van der Waals surface area (Å²) in [5.74, 6) is 1.80. The van der Waals surface area contributed by atoms with Crippen molar-refractivity contribution in [3.8, 4) is 28.7 Å². The minimum Gasteiger partial charge on any atom is -0.460 e. The van der Waals surface area contributed by atoms with Gasteiger partial charge in [0.1, 0.15) is 0 Å². The van der Waals surface area contributed by atoms with Crippen molar-refractivity contribution in [2.75, 3.05) is 0 Å². The second kappa shape index (κ2) is 9.44. The Balaban J connectivity index is 0.00000253. The van der Waals surface area contributed by atoms with Crippen LogP contribution in [0.3, 0.4) is 0 Å². The molecule has 0 fully saturated rings. The Morgan fingerprint density at radius 2 is 1.54 bits per heavy atom. The summed E-state index contributed by atoms with van der Waals surface area (Å²) in [5, 5.41) is 2.23. The van der Waals surface area contributed by atoms with Gasteiger partial charge in [-0.2, -0.15) is 24.3 Å². The number of nitrogens with zero attached hydrogens (tertiary/aromatic N) is 4. The molecule has 0 N–H and O–H groups in total. The summed E-state index contributed by atoms with van der Waals surface area (Å²) in [4.78, 5) is 13.5. The van der Waals surface area contributed by atoms with E-state index >= 15 is 0 Å². The summed E-state index contributed by atoms with van der Waals surface area (Å²) in [6, 6.07) is 29.1. The van der Waals surface area contributed by atoms with Crippen LogP contribution in [0.1, 0.15) is 11.1 Å². The number of aromatic nitrogens is 4. The number of pyridine rings is 1. The third-order valence-electron chi connectivity index (χ3n) is 5.78. The molecule has 0 atom stereocenters. The molecule has 6 heteroatoms. The Morgan fingerprint density at radius 1 is 0.743 bits per heavy atom. The molecule has 0 unspecified atom stereocenters. The number of fused-ring (bicyclic) bond motifs is 3. The van der Waals surface area contributed by atoms with Gasteiger partial charge in [0.25, 0.3) is 0 Å². The number of hydrogen-bond donors (Lipinski definition) is 0. The van der Waals surface area contributed by atoms with Crippen molar-refractivity contribution < 1.29 is 25.8 Å². The summed E-state index contributed by atoms with van der Waals surface area (Å²) in [6.07, 6.45) is 5.39. The third-order valence-corrected chi connectivity index (χ3v) is 5.78. The second-order valence-electron chi connectivity index (χ2n) is 8.20. The minimum absolute atomic E-state index is 0. The van der Waals surface area contributed by atoms with Crippen molar-refractivity contribution in [1.82, 2.24) is 19.5 Å². The minimum atomic E-state index is 0. The molecule has 35 heavy (non-hydrogen) atoms. The standard InChI is InChI=1S/C29H20N4O.Pt/c1-19-17-31-29(32-18-19)33-26-11-4-3-10-24(26)25-13-12-22(16-27(25)33)21-8-5-9-23(15-21)34-28-20(2)7-6-14-30-28;/h3-14,17-18H,1-2H3;/q-2;+2. The smallest absolute Gasteiger partial charge is 0.460 e. The van der Waals surface area contributed by atoms with E-state index in [1.807, 2.05) is 68.7 Å². The topological polar surface area (TPSA) is 52.8 Å². The van der Waals surface area contributed by atoms with Crippen molar-refractivity contribution in [3.63, 3.8) is 0 Å². The van der Waals surface area contributed by atoms with Crippen molar-refractivity contribution in [3.05, 3.63) is 109 Å².